The van der Waals surface area contributed by atoms with Gasteiger partial charge in [-0.3, -0.25) is 14.9 Å². The minimum Gasteiger partial charge on any atom is -1.00 e. The van der Waals surface area contributed by atoms with Crippen LogP contribution in [0.2, 0.25) is 0 Å². The van der Waals surface area contributed by atoms with Crippen molar-refractivity contribution in [3.63, 3.8) is 0 Å². The Bertz CT molecular complexity index is 1270. The number of carbonyl (C=O) groups excluding carboxylic acids is 1. The minimum atomic E-state index is -0.402. The first-order chi connectivity index (χ1) is 19.3. The number of quaternary nitrogens is 2. The molecule has 0 atom stereocenters. The lowest BCUT2D eigenvalue weighted by Gasteiger charge is -2.33. The summed E-state index contributed by atoms with van der Waals surface area (Å²) in [6, 6.07) is 16.9. The molecule has 0 saturated carbocycles. The molecule has 1 amide bonds. The molecule has 3 heterocycles. The van der Waals surface area contributed by atoms with Gasteiger partial charge in [0.25, 0.3) is 5.91 Å². The van der Waals surface area contributed by atoms with Gasteiger partial charge in [0.2, 0.25) is 5.82 Å². The average molecular weight is 641 g/mol. The highest BCUT2D eigenvalue weighted by Gasteiger charge is 2.26. The van der Waals surface area contributed by atoms with Gasteiger partial charge in [-0.15, -0.1) is 0 Å². The second kappa shape index (κ2) is 17.2. The van der Waals surface area contributed by atoms with E-state index in [2.05, 4.69) is 29.3 Å². The molecule has 3 N–H and O–H groups in total. The van der Waals surface area contributed by atoms with Crippen molar-refractivity contribution < 1.29 is 48.7 Å². The summed E-state index contributed by atoms with van der Waals surface area (Å²) < 4.78 is 5.86. The molecule has 1 aliphatic rings. The number of hydrogen-bond donors (Lipinski definition) is 3. The van der Waals surface area contributed by atoms with Crippen molar-refractivity contribution in [2.75, 3.05) is 81.3 Å². The van der Waals surface area contributed by atoms with Gasteiger partial charge in [-0.25, -0.2) is 4.98 Å². The SMILES string of the molecule is CN(C(=O)C[NH+]1CCN(c2ccc([N+](=O)[O-])c(NCCSCc3ccc(C[NH+](C)C)o3)n2)CC1)c1ccccc1.[Cl-].[Cl-]. The molecule has 0 aliphatic carbocycles. The summed E-state index contributed by atoms with van der Waals surface area (Å²) in [7, 11) is 5.98. The summed E-state index contributed by atoms with van der Waals surface area (Å²) in [4.78, 5) is 35.0. The van der Waals surface area contributed by atoms with Crippen LogP contribution in [0.15, 0.2) is 59.0 Å². The maximum absolute atomic E-state index is 12.8. The van der Waals surface area contributed by atoms with Crippen LogP contribution in [0.5, 0.6) is 0 Å². The van der Waals surface area contributed by atoms with Gasteiger partial charge in [-0.2, -0.15) is 11.8 Å². The summed E-state index contributed by atoms with van der Waals surface area (Å²) in [5, 5.41) is 14.8. The number of furan rings is 1. The number of piperazine rings is 1. The number of thioether (sulfide) groups is 1. The average Bonchev–Trinajstić information content (AvgIpc) is 3.39. The van der Waals surface area contributed by atoms with Gasteiger partial charge in [0.1, 0.15) is 18.1 Å². The lowest BCUT2D eigenvalue weighted by atomic mass is 10.2. The molecular weight excluding hydrogens is 601 g/mol. The molecule has 0 radical (unpaired) electrons. The van der Waals surface area contributed by atoms with Gasteiger partial charge in [0.05, 0.1) is 51.0 Å². The van der Waals surface area contributed by atoms with Crippen molar-refractivity contribution in [3.8, 4) is 0 Å². The molecule has 3 aromatic rings. The van der Waals surface area contributed by atoms with Crippen LogP contribution >= 0.6 is 11.8 Å². The zero-order valence-electron chi connectivity index (χ0n) is 24.1. The van der Waals surface area contributed by atoms with E-state index in [9.17, 15) is 14.9 Å². The number of nitro groups is 1. The number of benzene rings is 1. The number of halogens is 2. The van der Waals surface area contributed by atoms with E-state index in [-0.39, 0.29) is 42.2 Å². The number of para-hydroxylation sites is 1. The van der Waals surface area contributed by atoms with Crippen molar-refractivity contribution >= 4 is 40.7 Å². The summed E-state index contributed by atoms with van der Waals surface area (Å²) >= 11 is 1.70. The third kappa shape index (κ3) is 10.1. The molecule has 1 saturated heterocycles. The Morgan fingerprint density at radius 1 is 1.12 bits per heavy atom. The fourth-order valence-electron chi connectivity index (χ4n) is 4.61. The van der Waals surface area contributed by atoms with Crippen LogP contribution in [0.25, 0.3) is 0 Å². The van der Waals surface area contributed by atoms with Crippen molar-refractivity contribution in [2.45, 2.75) is 12.3 Å². The third-order valence-electron chi connectivity index (χ3n) is 6.80. The Kier molecular flexibility index (Phi) is 14.4. The number of carbonyl (C=O) groups is 1. The van der Waals surface area contributed by atoms with Crippen molar-refractivity contribution in [2.24, 2.45) is 0 Å². The first-order valence-corrected chi connectivity index (χ1v) is 14.7. The molecule has 1 fully saturated rings. The van der Waals surface area contributed by atoms with Gasteiger partial charge in [-0.1, -0.05) is 18.2 Å². The number of rotatable bonds is 13. The lowest BCUT2D eigenvalue weighted by Crippen LogP contribution is -3.16. The lowest BCUT2D eigenvalue weighted by molar-refractivity contribution is -0.892. The van der Waals surface area contributed by atoms with Crippen LogP contribution in [0.4, 0.5) is 23.0 Å². The fraction of sp³-hybridized carbons (Fsp3) is 0.429. The monoisotopic (exact) mass is 639 g/mol. The summed E-state index contributed by atoms with van der Waals surface area (Å²) in [5.41, 5.74) is 0.851. The summed E-state index contributed by atoms with van der Waals surface area (Å²) in [5.74, 6) is 4.47. The Morgan fingerprint density at radius 2 is 1.81 bits per heavy atom. The Labute approximate surface area is 263 Å². The first-order valence-electron chi connectivity index (χ1n) is 13.5. The molecule has 230 valence electrons. The summed E-state index contributed by atoms with van der Waals surface area (Å²) in [6.07, 6.45) is 0. The van der Waals surface area contributed by atoms with E-state index in [1.165, 1.54) is 15.9 Å². The normalized spacial score (nSPS) is 13.3. The standard InChI is InChI=1S/C28H37N7O4S.2ClH/c1-31(2)19-23-9-10-24(39-23)21-40-18-13-29-28-25(35(37)38)11-12-26(30-28)34-16-14-33(15-17-34)20-27(36)32(3)22-7-5-4-6-8-22;;/h4-12H,13-21H2,1-3H3,(H,29,30);2*1H. The summed E-state index contributed by atoms with van der Waals surface area (Å²) in [6.45, 7) is 4.84. The van der Waals surface area contributed by atoms with E-state index in [4.69, 9.17) is 4.42 Å². The second-order valence-electron chi connectivity index (χ2n) is 10.2. The third-order valence-corrected chi connectivity index (χ3v) is 7.78. The van der Waals surface area contributed by atoms with Crippen LogP contribution in [0.1, 0.15) is 11.5 Å². The van der Waals surface area contributed by atoms with Crippen LogP contribution in [-0.2, 0) is 17.1 Å². The Morgan fingerprint density at radius 3 is 2.48 bits per heavy atom. The van der Waals surface area contributed by atoms with E-state index in [1.807, 2.05) is 42.5 Å². The number of likely N-dealkylation sites (N-methyl/N-ethyl adjacent to an activating group) is 1. The number of nitrogens with zero attached hydrogens (tertiary/aromatic N) is 4. The minimum absolute atomic E-state index is 0. The number of hydrogen-bond acceptors (Lipinski definition) is 8. The molecule has 0 unspecified atom stereocenters. The molecule has 42 heavy (non-hydrogen) atoms. The van der Waals surface area contributed by atoms with Crippen LogP contribution in [0.3, 0.4) is 0 Å². The van der Waals surface area contributed by atoms with Crippen molar-refractivity contribution in [1.82, 2.24) is 4.98 Å². The fourth-order valence-corrected chi connectivity index (χ4v) is 5.36. The number of pyridine rings is 1. The van der Waals surface area contributed by atoms with Crippen molar-refractivity contribution in [3.05, 3.63) is 76.2 Å². The highest BCUT2D eigenvalue weighted by molar-refractivity contribution is 7.98. The number of aromatic nitrogens is 1. The largest absolute Gasteiger partial charge is 1.00 e. The molecule has 4 rings (SSSR count). The highest BCUT2D eigenvalue weighted by Crippen LogP contribution is 2.26. The Hall–Kier alpha value is -3.03. The molecule has 0 spiro atoms. The van der Waals surface area contributed by atoms with Gasteiger partial charge < -0.3 is 54.1 Å². The molecular formula is C28H39Cl2N7O4S. The van der Waals surface area contributed by atoms with Crippen molar-refractivity contribution in [1.29, 1.82) is 0 Å². The van der Waals surface area contributed by atoms with Crippen LogP contribution < -0.4 is 49.7 Å². The van der Waals surface area contributed by atoms with E-state index in [0.717, 1.165) is 61.4 Å². The maximum Gasteiger partial charge on any atom is 0.311 e. The van der Waals surface area contributed by atoms with Gasteiger partial charge in [0, 0.05) is 31.1 Å². The topological polar surface area (TPSA) is 114 Å². The maximum atomic E-state index is 12.8. The smallest absolute Gasteiger partial charge is 0.311 e. The van der Waals surface area contributed by atoms with Crippen LogP contribution in [-0.4, -0.2) is 82.0 Å². The van der Waals surface area contributed by atoms with Gasteiger partial charge in [-0.05, 0) is 30.3 Å². The molecule has 1 aromatic carbocycles. The highest BCUT2D eigenvalue weighted by atomic mass is 35.5. The van der Waals surface area contributed by atoms with E-state index >= 15 is 0 Å². The molecule has 0 bridgehead atoms. The van der Waals surface area contributed by atoms with E-state index in [1.54, 1.807) is 29.8 Å². The Balaban J connectivity index is 0.00000308. The van der Waals surface area contributed by atoms with E-state index < -0.39 is 4.92 Å². The second-order valence-corrected chi connectivity index (χ2v) is 11.3. The van der Waals surface area contributed by atoms with Crippen LogP contribution in [0, 0.1) is 10.1 Å². The first kappa shape index (κ1) is 35.2. The number of nitrogens with one attached hydrogen (secondary N) is 3. The zero-order valence-corrected chi connectivity index (χ0v) is 26.5. The zero-order chi connectivity index (χ0) is 28.5. The number of anilines is 3. The predicted octanol–water partition coefficient (Wildman–Crippen LogP) is -5.05. The molecule has 1 aliphatic heterocycles. The van der Waals surface area contributed by atoms with Gasteiger partial charge in [0.15, 0.2) is 12.3 Å². The predicted molar refractivity (Wildman–Crippen MR) is 158 cm³/mol. The number of amides is 1. The van der Waals surface area contributed by atoms with E-state index in [0.29, 0.717) is 18.9 Å². The molecule has 11 nitrogen and oxygen atoms in total. The molecule has 14 heteroatoms. The van der Waals surface area contributed by atoms with Gasteiger partial charge >= 0.3 is 5.69 Å². The molecule has 2 aromatic heterocycles. The quantitative estimate of drug-likeness (QED) is 0.0968.